The van der Waals surface area contributed by atoms with Gasteiger partial charge in [-0.25, -0.2) is 14.7 Å². The smallest absolute Gasteiger partial charge is 0.339 e. The maximum absolute atomic E-state index is 13.4. The number of nitro groups is 1. The van der Waals surface area contributed by atoms with Gasteiger partial charge in [0.1, 0.15) is 0 Å². The third-order valence-corrected chi connectivity index (χ3v) is 7.68. The summed E-state index contributed by atoms with van der Waals surface area (Å²) in [6.45, 7) is 1.22. The zero-order valence-corrected chi connectivity index (χ0v) is 24.5. The number of nitrogens with zero attached hydrogens (tertiary/aromatic N) is 3. The minimum absolute atomic E-state index is 0.0454. The summed E-state index contributed by atoms with van der Waals surface area (Å²) in [5.41, 5.74) is 3.37. The first-order valence-electron chi connectivity index (χ1n) is 13.3. The Kier molecular flexibility index (Phi) is 7.32. The topological polar surface area (TPSA) is 137 Å². The molecule has 10 nitrogen and oxygen atoms in total. The number of halogens is 1. The summed E-state index contributed by atoms with van der Waals surface area (Å²) < 4.78 is 6.09. The zero-order valence-electron chi connectivity index (χ0n) is 22.9. The number of ether oxygens (including phenoxy) is 1. The Bertz CT molecular complexity index is 2020. The van der Waals surface area contributed by atoms with Crippen molar-refractivity contribution < 1.29 is 28.8 Å². The van der Waals surface area contributed by atoms with Gasteiger partial charge in [0.2, 0.25) is 5.78 Å². The highest BCUT2D eigenvalue weighted by molar-refractivity contribution is 9.10. The highest BCUT2D eigenvalue weighted by atomic mass is 79.9. The van der Waals surface area contributed by atoms with Gasteiger partial charge in [-0.2, -0.15) is 0 Å². The molecule has 11 heteroatoms. The number of esters is 1. The minimum atomic E-state index is -0.780. The van der Waals surface area contributed by atoms with E-state index in [1.807, 2.05) is 13.0 Å². The number of nitro benzene ring substituents is 1. The van der Waals surface area contributed by atoms with Crippen molar-refractivity contribution in [3.05, 3.63) is 133 Å². The first-order chi connectivity index (χ1) is 21.1. The van der Waals surface area contributed by atoms with Crippen molar-refractivity contribution in [1.29, 1.82) is 0 Å². The Morgan fingerprint density at radius 3 is 2.25 bits per heavy atom. The van der Waals surface area contributed by atoms with E-state index < -0.39 is 35.1 Å². The molecule has 1 aliphatic rings. The third kappa shape index (κ3) is 5.13. The number of aromatic nitrogens is 1. The highest BCUT2D eigenvalue weighted by Gasteiger charge is 2.36. The van der Waals surface area contributed by atoms with E-state index in [1.165, 1.54) is 18.2 Å². The summed E-state index contributed by atoms with van der Waals surface area (Å²) in [7, 11) is 0. The number of benzene rings is 4. The second kappa shape index (κ2) is 11.3. The summed E-state index contributed by atoms with van der Waals surface area (Å²) in [4.78, 5) is 68.3. The number of non-ortho nitro benzene ring substituents is 1. The molecule has 0 atom stereocenters. The summed E-state index contributed by atoms with van der Waals surface area (Å²) in [5.74, 6) is -2.19. The molecule has 0 N–H and O–H groups in total. The number of amides is 2. The van der Waals surface area contributed by atoms with E-state index in [-0.39, 0.29) is 16.8 Å². The van der Waals surface area contributed by atoms with Gasteiger partial charge in [-0.05, 0) is 55.0 Å². The lowest BCUT2D eigenvalue weighted by atomic mass is 10.0. The van der Waals surface area contributed by atoms with E-state index in [2.05, 4.69) is 15.9 Å². The minimum Gasteiger partial charge on any atom is -0.454 e. The Hall–Kier alpha value is -5.55. The van der Waals surface area contributed by atoms with Crippen LogP contribution in [0.5, 0.6) is 0 Å². The largest absolute Gasteiger partial charge is 0.454 e. The van der Waals surface area contributed by atoms with Crippen molar-refractivity contribution in [1.82, 2.24) is 4.98 Å². The van der Waals surface area contributed by atoms with Crippen LogP contribution >= 0.6 is 15.9 Å². The van der Waals surface area contributed by atoms with Gasteiger partial charge in [-0.15, -0.1) is 0 Å². The average molecular weight is 650 g/mol. The SMILES string of the molecule is Cc1cc(Br)cc2c(C(=O)OCC(=O)c3cccc([N+](=O)[O-])c3)cc(-c3ccc(N4C(=O)c5ccccc5C4=O)cc3)nc12. The molecule has 2 heterocycles. The van der Waals surface area contributed by atoms with E-state index in [1.54, 1.807) is 60.7 Å². The van der Waals surface area contributed by atoms with Crippen molar-refractivity contribution >= 4 is 61.8 Å². The number of hydrogen-bond acceptors (Lipinski definition) is 8. The average Bonchev–Trinajstić information content (AvgIpc) is 3.28. The van der Waals surface area contributed by atoms with Crippen LogP contribution in [0.3, 0.4) is 0 Å². The van der Waals surface area contributed by atoms with Gasteiger partial charge >= 0.3 is 5.97 Å². The van der Waals surface area contributed by atoms with E-state index in [0.717, 1.165) is 16.5 Å². The molecule has 4 aromatic carbocycles. The van der Waals surface area contributed by atoms with Crippen LogP contribution in [0.2, 0.25) is 0 Å². The maximum Gasteiger partial charge on any atom is 0.339 e. The fraction of sp³-hybridized carbons (Fsp3) is 0.0606. The molecule has 5 aromatic rings. The van der Waals surface area contributed by atoms with Crippen LogP contribution in [0.4, 0.5) is 11.4 Å². The second-order valence-electron chi connectivity index (χ2n) is 10.0. The van der Waals surface area contributed by atoms with E-state index >= 15 is 0 Å². The quantitative estimate of drug-likeness (QED) is 0.0623. The molecule has 0 saturated heterocycles. The zero-order chi connectivity index (χ0) is 31.1. The fourth-order valence-corrected chi connectivity index (χ4v) is 5.64. The van der Waals surface area contributed by atoms with Crippen LogP contribution in [-0.4, -0.2) is 40.1 Å². The molecule has 0 aliphatic carbocycles. The normalized spacial score (nSPS) is 12.4. The summed E-state index contributed by atoms with van der Waals surface area (Å²) in [6, 6.07) is 23.6. The molecular formula is C33H20BrN3O7. The number of carbonyl (C=O) groups excluding carboxylic acids is 4. The van der Waals surface area contributed by atoms with Crippen LogP contribution in [0.15, 0.2) is 95.5 Å². The van der Waals surface area contributed by atoms with Crippen molar-refractivity contribution in [2.24, 2.45) is 0 Å². The van der Waals surface area contributed by atoms with Gasteiger partial charge in [0, 0.05) is 33.1 Å². The maximum atomic E-state index is 13.4. The molecule has 0 bridgehead atoms. The number of imide groups is 1. The summed E-state index contributed by atoms with van der Waals surface area (Å²) >= 11 is 3.45. The molecule has 0 radical (unpaired) electrons. The molecule has 44 heavy (non-hydrogen) atoms. The van der Waals surface area contributed by atoms with Crippen LogP contribution in [0, 0.1) is 17.0 Å². The summed E-state index contributed by atoms with van der Waals surface area (Å²) in [5, 5.41) is 11.6. The van der Waals surface area contributed by atoms with E-state index in [9.17, 15) is 29.3 Å². The Labute approximate surface area is 258 Å². The lowest BCUT2D eigenvalue weighted by Gasteiger charge is -2.15. The number of rotatable bonds is 7. The molecule has 0 spiro atoms. The monoisotopic (exact) mass is 649 g/mol. The molecule has 0 unspecified atom stereocenters. The number of aryl methyl sites for hydroxylation is 1. The van der Waals surface area contributed by atoms with Gasteiger partial charge in [0.25, 0.3) is 17.5 Å². The number of pyridine rings is 1. The Balaban J connectivity index is 1.31. The molecule has 6 rings (SSSR count). The molecule has 0 fully saturated rings. The van der Waals surface area contributed by atoms with Gasteiger partial charge < -0.3 is 4.74 Å². The first kappa shape index (κ1) is 28.6. The third-order valence-electron chi connectivity index (χ3n) is 7.22. The fourth-order valence-electron chi connectivity index (χ4n) is 5.06. The van der Waals surface area contributed by atoms with E-state index in [0.29, 0.717) is 43.4 Å². The second-order valence-corrected chi connectivity index (χ2v) is 10.9. The van der Waals surface area contributed by atoms with Gasteiger partial charge in [-0.3, -0.25) is 24.5 Å². The molecule has 0 saturated carbocycles. The Morgan fingerprint density at radius 1 is 0.909 bits per heavy atom. The highest BCUT2D eigenvalue weighted by Crippen LogP contribution is 2.33. The number of fused-ring (bicyclic) bond motifs is 2. The number of ketones is 1. The van der Waals surface area contributed by atoms with Crippen molar-refractivity contribution in [2.75, 3.05) is 11.5 Å². The summed E-state index contributed by atoms with van der Waals surface area (Å²) in [6.07, 6.45) is 0. The number of hydrogen-bond donors (Lipinski definition) is 0. The number of carbonyl (C=O) groups is 4. The van der Waals surface area contributed by atoms with Crippen LogP contribution in [0.25, 0.3) is 22.2 Å². The van der Waals surface area contributed by atoms with E-state index in [4.69, 9.17) is 9.72 Å². The van der Waals surface area contributed by atoms with Crippen LogP contribution in [0.1, 0.15) is 47.0 Å². The molecule has 216 valence electrons. The van der Waals surface area contributed by atoms with Crippen molar-refractivity contribution in [3.63, 3.8) is 0 Å². The lowest BCUT2D eigenvalue weighted by Crippen LogP contribution is -2.29. The van der Waals surface area contributed by atoms with Gasteiger partial charge in [0.15, 0.2) is 6.61 Å². The van der Waals surface area contributed by atoms with Gasteiger partial charge in [-0.1, -0.05) is 52.3 Å². The van der Waals surface area contributed by atoms with Crippen molar-refractivity contribution in [2.45, 2.75) is 6.92 Å². The van der Waals surface area contributed by atoms with Crippen molar-refractivity contribution in [3.8, 4) is 11.3 Å². The molecule has 1 aromatic heterocycles. The molecule has 1 aliphatic heterocycles. The molecule has 2 amide bonds. The predicted octanol–water partition coefficient (Wildman–Crippen LogP) is 6.72. The number of Topliss-reactive ketones (excluding diaryl/α,β-unsaturated/α-hetero) is 1. The predicted molar refractivity (Wildman–Crippen MR) is 165 cm³/mol. The number of anilines is 1. The van der Waals surface area contributed by atoms with Crippen LogP contribution in [-0.2, 0) is 4.74 Å². The van der Waals surface area contributed by atoms with Crippen LogP contribution < -0.4 is 4.90 Å². The molecular weight excluding hydrogens is 630 g/mol. The first-order valence-corrected chi connectivity index (χ1v) is 14.1. The Morgan fingerprint density at radius 2 is 1.59 bits per heavy atom. The lowest BCUT2D eigenvalue weighted by molar-refractivity contribution is -0.384. The standard InChI is InChI=1S/C33H20BrN3O7/c1-18-13-21(34)15-26-27(33(41)44-17-29(38)20-5-4-6-23(14-20)37(42)43)16-28(35-30(18)26)19-9-11-22(12-10-19)36-31(39)24-7-2-3-8-25(24)32(36)40/h2-16H,17H2,1H3. The van der Waals surface area contributed by atoms with Gasteiger partial charge in [0.05, 0.1) is 38.5 Å².